The molecule has 2 aliphatic carbocycles. The first-order valence-electron chi connectivity index (χ1n) is 25.6. The molecule has 2 aromatic carbocycles. The fraction of sp³-hybridized carbons (Fsp3) is 0.554. The third kappa shape index (κ3) is 11.9. The number of benzene rings is 2. The summed E-state index contributed by atoms with van der Waals surface area (Å²) in [6.07, 6.45) is 4.62. The van der Waals surface area contributed by atoms with Crippen molar-refractivity contribution in [1.82, 2.24) is 30.8 Å². The smallest absolute Gasteiger partial charge is 0.246 e. The number of anilines is 1. The molecule has 3 amide bonds. The average molecular weight is 1040 g/mol. The van der Waals surface area contributed by atoms with Crippen molar-refractivity contribution in [3.8, 4) is 22.3 Å². The molecular weight excluding hydrogens is 964 g/mol. The van der Waals surface area contributed by atoms with E-state index in [0.29, 0.717) is 28.3 Å². The number of β-amino-alcohol motifs (C(OH)–C–C–N with tert-alkyl or cyclic N) is 1. The lowest BCUT2D eigenvalue weighted by molar-refractivity contribution is -0.196. The van der Waals surface area contributed by atoms with Gasteiger partial charge in [0.05, 0.1) is 57.6 Å². The van der Waals surface area contributed by atoms with E-state index in [9.17, 15) is 29.5 Å². The van der Waals surface area contributed by atoms with E-state index in [4.69, 9.17) is 26.1 Å². The molecule has 390 valence electrons. The molecule has 73 heavy (non-hydrogen) atoms. The number of hydrogen-bond acceptors (Lipinski definition) is 13. The van der Waals surface area contributed by atoms with Crippen LogP contribution >= 0.6 is 22.9 Å². The quantitative estimate of drug-likeness (QED) is 0.0741. The van der Waals surface area contributed by atoms with Gasteiger partial charge in [-0.15, -0.1) is 11.3 Å². The summed E-state index contributed by atoms with van der Waals surface area (Å²) in [5.74, 6) is 0.506. The van der Waals surface area contributed by atoms with Crippen molar-refractivity contribution in [2.24, 2.45) is 22.2 Å². The number of nitrogens with one attached hydrogen (secondary N) is 3. The molecule has 4 aromatic rings. The Labute approximate surface area is 438 Å². The number of carbonyl (C=O) groups excluding carboxylic acids is 4. The number of likely N-dealkylation sites (tertiary alicyclic amines) is 1. The number of nitriles is 1. The Hall–Kier alpha value is -5.44. The van der Waals surface area contributed by atoms with E-state index >= 15 is 0 Å². The van der Waals surface area contributed by atoms with E-state index in [1.165, 1.54) is 4.90 Å². The highest BCUT2D eigenvalue weighted by Gasteiger charge is 2.63. The number of ether oxygens (including phenoxy) is 2. The van der Waals surface area contributed by atoms with Crippen molar-refractivity contribution in [3.63, 3.8) is 0 Å². The number of halogens is 1. The van der Waals surface area contributed by atoms with Gasteiger partial charge < -0.3 is 40.3 Å². The highest BCUT2D eigenvalue weighted by atomic mass is 35.5. The molecule has 4 fully saturated rings. The summed E-state index contributed by atoms with van der Waals surface area (Å²) >= 11 is 7.85. The highest BCUT2D eigenvalue weighted by Crippen LogP contribution is 2.62. The molecule has 2 aliphatic heterocycles. The van der Waals surface area contributed by atoms with Gasteiger partial charge in [-0.25, -0.2) is 9.97 Å². The normalized spacial score (nSPS) is 24.4. The maximum atomic E-state index is 14.2. The number of aromatic nitrogens is 2. The zero-order chi connectivity index (χ0) is 52.6. The van der Waals surface area contributed by atoms with Crippen molar-refractivity contribution in [2.75, 3.05) is 31.1 Å². The maximum Gasteiger partial charge on any atom is 0.246 e. The molecule has 4 aliphatic rings. The van der Waals surface area contributed by atoms with Gasteiger partial charge in [0.2, 0.25) is 17.7 Å². The number of aliphatic hydroxyl groups is 1. The Kier molecular flexibility index (Phi) is 16.1. The van der Waals surface area contributed by atoms with Crippen LogP contribution in [0.5, 0.6) is 5.75 Å². The van der Waals surface area contributed by atoms with Gasteiger partial charge >= 0.3 is 0 Å². The van der Waals surface area contributed by atoms with E-state index in [0.717, 1.165) is 66.3 Å². The predicted molar refractivity (Wildman–Crippen MR) is 282 cm³/mol. The number of amides is 3. The number of ketones is 1. The van der Waals surface area contributed by atoms with Crippen LogP contribution in [0, 0.1) is 40.4 Å². The second-order valence-electron chi connectivity index (χ2n) is 22.9. The number of aryl methyl sites for hydroxylation is 1. The number of rotatable bonds is 17. The lowest BCUT2D eigenvalue weighted by Crippen LogP contribution is -2.66. The van der Waals surface area contributed by atoms with E-state index in [2.05, 4.69) is 59.6 Å². The minimum absolute atomic E-state index is 0.00187. The second kappa shape index (κ2) is 21.8. The first-order valence-corrected chi connectivity index (χ1v) is 26.9. The molecule has 0 spiro atoms. The van der Waals surface area contributed by atoms with Crippen LogP contribution < -0.4 is 25.6 Å². The predicted octanol–water partition coefficient (Wildman–Crippen LogP) is 8.22. The number of aliphatic hydroxyl groups excluding tert-OH is 1. The van der Waals surface area contributed by atoms with Crippen LogP contribution in [-0.4, -0.2) is 112 Å². The van der Waals surface area contributed by atoms with Crippen molar-refractivity contribution < 1.29 is 33.8 Å². The Balaban J connectivity index is 0.744. The Morgan fingerprint density at radius 3 is 2.26 bits per heavy atom. The molecule has 2 aromatic heterocycles. The number of carbonyl (C=O) groups is 4. The Bertz CT molecular complexity index is 2670. The van der Waals surface area contributed by atoms with Crippen LogP contribution in [0.3, 0.4) is 0 Å². The zero-order valence-electron chi connectivity index (χ0n) is 43.5. The second-order valence-corrected chi connectivity index (χ2v) is 24.1. The fourth-order valence-electron chi connectivity index (χ4n) is 11.7. The van der Waals surface area contributed by atoms with Gasteiger partial charge in [-0.05, 0) is 86.3 Å². The summed E-state index contributed by atoms with van der Waals surface area (Å²) in [6.45, 7) is 19.6. The monoisotopic (exact) mass is 1030 g/mol. The highest BCUT2D eigenvalue weighted by molar-refractivity contribution is 7.13. The summed E-state index contributed by atoms with van der Waals surface area (Å²) in [4.78, 5) is 68.7. The average Bonchev–Trinajstić information content (AvgIpc) is 3.96. The van der Waals surface area contributed by atoms with Gasteiger partial charge in [0.15, 0.2) is 5.78 Å². The molecule has 2 saturated carbocycles. The Morgan fingerprint density at radius 2 is 1.66 bits per heavy atom. The number of pyridine rings is 1. The van der Waals surface area contributed by atoms with Gasteiger partial charge in [0.1, 0.15) is 35.8 Å². The molecule has 0 bridgehead atoms. The number of nitrogens with zero attached hydrogens (tertiary/aromatic N) is 5. The molecule has 2 saturated heterocycles. The van der Waals surface area contributed by atoms with Crippen LogP contribution in [0.15, 0.2) is 66.3 Å². The van der Waals surface area contributed by atoms with Crippen LogP contribution in [-0.2, 0) is 19.1 Å². The van der Waals surface area contributed by atoms with E-state index < -0.39 is 29.5 Å². The van der Waals surface area contributed by atoms with Crippen LogP contribution in [0.4, 0.5) is 5.82 Å². The van der Waals surface area contributed by atoms with E-state index in [-0.39, 0.29) is 84.3 Å². The Morgan fingerprint density at radius 1 is 0.959 bits per heavy atom. The minimum atomic E-state index is -0.919. The number of piperidine rings is 1. The lowest BCUT2D eigenvalue weighted by atomic mass is 9.44. The molecule has 4 N–H and O–H groups in total. The van der Waals surface area contributed by atoms with Crippen LogP contribution in [0.1, 0.15) is 127 Å². The van der Waals surface area contributed by atoms with Gasteiger partial charge in [0, 0.05) is 67.2 Å². The molecule has 15 nitrogen and oxygen atoms in total. The summed E-state index contributed by atoms with van der Waals surface area (Å²) in [5.41, 5.74) is 4.51. The van der Waals surface area contributed by atoms with E-state index in [1.54, 1.807) is 35.7 Å². The molecule has 0 radical (unpaired) electrons. The van der Waals surface area contributed by atoms with Gasteiger partial charge in [-0.3, -0.25) is 19.2 Å². The largest absolute Gasteiger partial charge is 0.489 e. The molecular formula is C56H71ClN8O7S. The topological polar surface area (TPSA) is 199 Å². The minimum Gasteiger partial charge on any atom is -0.489 e. The van der Waals surface area contributed by atoms with Gasteiger partial charge in [0.25, 0.3) is 0 Å². The standard InChI is InChI=1S/C56H71ClN8O7S/c1-32(34-10-12-35(13-11-34)49-33(2)61-31-73-49)62-51(69)44-24-39(66)30-65(44)52(70)50(54(3,4)5)63-48(68)29-59-38-22-42(23-38)71-40-18-20-64(21-19-40)47-17-15-37(28-60-47)45(67)26-46-55(6,7)53(56(46,8)9)72-41-16-14-36(27-58)43(57)25-41/h10-17,25,28,31-32,38-40,42,44,46,50,53,59,66H,18-24,26,29-30H2,1-9H3,(H,62,69)(H,63,68)/t32-,38?,39+,42?,44-,46?,50+,53?/m0/s1. The first-order chi connectivity index (χ1) is 34.5. The summed E-state index contributed by atoms with van der Waals surface area (Å²) < 4.78 is 12.9. The number of thiazole rings is 1. The van der Waals surface area contributed by atoms with Crippen molar-refractivity contribution in [2.45, 2.75) is 149 Å². The lowest BCUT2D eigenvalue weighted by Gasteiger charge is -2.63. The summed E-state index contributed by atoms with van der Waals surface area (Å²) in [7, 11) is 0. The van der Waals surface area contributed by atoms with Gasteiger partial charge in [-0.2, -0.15) is 5.26 Å². The van der Waals surface area contributed by atoms with Crippen molar-refractivity contribution in [1.29, 1.82) is 5.26 Å². The molecule has 17 heteroatoms. The molecule has 8 rings (SSSR count). The number of Topliss-reactive ketones (excluding diaryl/α,β-unsaturated/α-hetero) is 1. The summed E-state index contributed by atoms with van der Waals surface area (Å²) in [5, 5.41) is 29.6. The molecule has 4 atom stereocenters. The SMILES string of the molecule is Cc1ncsc1-c1ccc([C@H](C)NC(=O)[C@@H]2C[C@@H](O)CN2C(=O)[C@@H](NC(=O)CNC2CC(OC3CCN(c4ccc(C(=O)CC5C(C)(C)C(Oc6ccc(C#N)c(Cl)c6)C5(C)C)cn4)CC3)C2)C(C)(C)C)cc1. The van der Waals surface area contributed by atoms with Crippen molar-refractivity contribution >= 4 is 52.3 Å². The fourth-order valence-corrected chi connectivity index (χ4v) is 12.7. The zero-order valence-corrected chi connectivity index (χ0v) is 45.1. The summed E-state index contributed by atoms with van der Waals surface area (Å²) in [6, 6.07) is 16.9. The van der Waals surface area contributed by atoms with Gasteiger partial charge in [-0.1, -0.05) is 84.3 Å². The third-order valence-electron chi connectivity index (χ3n) is 15.8. The van der Waals surface area contributed by atoms with Crippen molar-refractivity contribution in [3.05, 3.63) is 93.7 Å². The molecule has 0 unspecified atom stereocenters. The number of hydrogen-bond donors (Lipinski definition) is 4. The van der Waals surface area contributed by atoms with Crippen LogP contribution in [0.25, 0.3) is 10.4 Å². The maximum absolute atomic E-state index is 14.2. The van der Waals surface area contributed by atoms with Crippen LogP contribution in [0.2, 0.25) is 5.02 Å². The first kappa shape index (κ1) is 53.8. The molecule has 4 heterocycles. The third-order valence-corrected chi connectivity index (χ3v) is 17.1. The van der Waals surface area contributed by atoms with E-state index in [1.807, 2.05) is 76.5 Å².